The number of nitrogens with one attached hydrogen (secondary N) is 1. The van der Waals surface area contributed by atoms with Crippen molar-refractivity contribution in [3.8, 4) is 6.07 Å². The zero-order valence-corrected chi connectivity index (χ0v) is 12.0. The van der Waals surface area contributed by atoms with Gasteiger partial charge in [0.15, 0.2) is 0 Å². The van der Waals surface area contributed by atoms with Crippen LogP contribution in [0.25, 0.3) is 0 Å². The van der Waals surface area contributed by atoms with Gasteiger partial charge < -0.3 is 5.32 Å². The Morgan fingerprint density at radius 3 is 3.05 bits per heavy atom. The molecule has 1 aromatic carbocycles. The van der Waals surface area contributed by atoms with Crippen molar-refractivity contribution in [1.82, 2.24) is 0 Å². The first-order chi connectivity index (χ1) is 10.2. The van der Waals surface area contributed by atoms with Crippen molar-refractivity contribution in [2.24, 2.45) is 0 Å². The van der Waals surface area contributed by atoms with Crippen LogP contribution >= 0.6 is 11.3 Å². The second kappa shape index (κ2) is 5.54. The molecule has 1 N–H and O–H groups in total. The molecule has 0 amide bonds. The van der Waals surface area contributed by atoms with E-state index < -0.39 is 4.92 Å². The first-order valence-corrected chi connectivity index (χ1v) is 7.58. The maximum absolute atomic E-state index is 10.8. The van der Waals surface area contributed by atoms with Gasteiger partial charge >= 0.3 is 0 Å². The molecule has 0 saturated heterocycles. The number of anilines is 1. The van der Waals surface area contributed by atoms with Crippen LogP contribution < -0.4 is 5.32 Å². The summed E-state index contributed by atoms with van der Waals surface area (Å²) in [5, 5.41) is 25.4. The van der Waals surface area contributed by atoms with Crippen molar-refractivity contribution < 1.29 is 4.92 Å². The Hall–Kier alpha value is -2.39. The number of nitro groups is 1. The largest absolute Gasteiger partial charge is 0.377 e. The molecule has 3 rings (SSSR count). The third-order valence-electron chi connectivity index (χ3n) is 3.72. The summed E-state index contributed by atoms with van der Waals surface area (Å²) in [4.78, 5) is 11.7. The molecule has 1 atom stereocenters. The van der Waals surface area contributed by atoms with Gasteiger partial charge in [-0.1, -0.05) is 0 Å². The van der Waals surface area contributed by atoms with Gasteiger partial charge in [-0.2, -0.15) is 5.26 Å². The number of benzene rings is 1. The zero-order chi connectivity index (χ0) is 14.8. The van der Waals surface area contributed by atoms with Gasteiger partial charge in [0.25, 0.3) is 5.69 Å². The number of thiophene rings is 1. The average Bonchev–Trinajstić information content (AvgIpc) is 2.97. The lowest BCUT2D eigenvalue weighted by molar-refractivity contribution is -0.384. The second-order valence-corrected chi connectivity index (χ2v) is 5.99. The number of nitro benzene ring substituents is 1. The van der Waals surface area contributed by atoms with Crippen LogP contribution in [0, 0.1) is 21.4 Å². The van der Waals surface area contributed by atoms with Gasteiger partial charge in [-0.05, 0) is 42.3 Å². The number of aryl methyl sites for hydroxylation is 1. The number of nitrogens with zero attached hydrogens (tertiary/aromatic N) is 2. The van der Waals surface area contributed by atoms with Crippen molar-refractivity contribution in [3.05, 3.63) is 55.8 Å². The Kier molecular flexibility index (Phi) is 3.59. The second-order valence-electron chi connectivity index (χ2n) is 4.99. The molecule has 1 aromatic heterocycles. The first kappa shape index (κ1) is 13.6. The van der Waals surface area contributed by atoms with Crippen LogP contribution in [0.3, 0.4) is 0 Å². The highest BCUT2D eigenvalue weighted by Crippen LogP contribution is 2.36. The molecule has 1 aliphatic rings. The van der Waals surface area contributed by atoms with Crippen molar-refractivity contribution >= 4 is 22.7 Å². The number of fused-ring (bicyclic) bond motifs is 1. The van der Waals surface area contributed by atoms with Crippen molar-refractivity contribution in [3.63, 3.8) is 0 Å². The van der Waals surface area contributed by atoms with Crippen LogP contribution in [0.15, 0.2) is 29.6 Å². The predicted octanol–water partition coefficient (Wildman–Crippen LogP) is 4.02. The van der Waals surface area contributed by atoms with Gasteiger partial charge in [0, 0.05) is 17.0 Å². The Bertz CT molecular complexity index is 733. The number of nitriles is 1. The summed E-state index contributed by atoms with van der Waals surface area (Å²) in [6.07, 6.45) is 3.22. The molecule has 6 heteroatoms. The van der Waals surface area contributed by atoms with E-state index in [1.165, 1.54) is 22.6 Å². The van der Waals surface area contributed by atoms with Crippen LogP contribution in [-0.2, 0) is 6.42 Å². The Labute approximate surface area is 126 Å². The molecule has 2 aromatic rings. The average molecular weight is 299 g/mol. The highest BCUT2D eigenvalue weighted by molar-refractivity contribution is 7.10. The Balaban J connectivity index is 1.90. The highest BCUT2D eigenvalue weighted by Gasteiger charge is 2.22. The molecule has 0 fully saturated rings. The number of hydrogen-bond donors (Lipinski definition) is 1. The van der Waals surface area contributed by atoms with Crippen LogP contribution in [0.5, 0.6) is 0 Å². The van der Waals surface area contributed by atoms with Gasteiger partial charge in [-0.3, -0.25) is 10.1 Å². The molecule has 0 aliphatic heterocycles. The predicted molar refractivity (Wildman–Crippen MR) is 81.4 cm³/mol. The number of non-ortho nitro benzene ring substituents is 1. The van der Waals surface area contributed by atoms with Crippen LogP contribution in [0.2, 0.25) is 0 Å². The molecular formula is C15H13N3O2S. The van der Waals surface area contributed by atoms with E-state index in [2.05, 4.69) is 16.8 Å². The van der Waals surface area contributed by atoms with Crippen LogP contribution in [0.4, 0.5) is 11.4 Å². The van der Waals surface area contributed by atoms with E-state index in [1.54, 1.807) is 17.4 Å². The first-order valence-electron chi connectivity index (χ1n) is 6.70. The number of hydrogen-bond acceptors (Lipinski definition) is 5. The Morgan fingerprint density at radius 1 is 1.43 bits per heavy atom. The normalized spacial score (nSPS) is 16.8. The maximum Gasteiger partial charge on any atom is 0.270 e. The van der Waals surface area contributed by atoms with Gasteiger partial charge in [0.2, 0.25) is 0 Å². The summed E-state index contributed by atoms with van der Waals surface area (Å²) in [5.41, 5.74) is 2.20. The SMILES string of the molecule is N#Cc1cc([N+](=O)[O-])ccc1NC1CCCc2sccc21. The van der Waals surface area contributed by atoms with E-state index >= 15 is 0 Å². The standard InChI is InChI=1S/C15H13N3O2S/c16-9-10-8-11(18(19)20)4-5-13(10)17-14-2-1-3-15-12(14)6-7-21-15/h4-8,14,17H,1-3H2. The smallest absolute Gasteiger partial charge is 0.270 e. The van der Waals surface area contributed by atoms with Crippen molar-refractivity contribution in [1.29, 1.82) is 5.26 Å². The highest BCUT2D eigenvalue weighted by atomic mass is 32.1. The fourth-order valence-electron chi connectivity index (χ4n) is 2.69. The fraction of sp³-hybridized carbons (Fsp3) is 0.267. The zero-order valence-electron chi connectivity index (χ0n) is 11.2. The Morgan fingerprint density at radius 2 is 2.29 bits per heavy atom. The monoisotopic (exact) mass is 299 g/mol. The third-order valence-corrected chi connectivity index (χ3v) is 4.71. The lowest BCUT2D eigenvalue weighted by Crippen LogP contribution is -2.16. The van der Waals surface area contributed by atoms with E-state index in [4.69, 9.17) is 0 Å². The molecule has 1 heterocycles. The van der Waals surface area contributed by atoms with Gasteiger partial charge in [-0.15, -0.1) is 11.3 Å². The molecular weight excluding hydrogens is 286 g/mol. The van der Waals surface area contributed by atoms with E-state index in [0.29, 0.717) is 11.3 Å². The minimum Gasteiger partial charge on any atom is -0.377 e. The number of rotatable bonds is 3. The summed E-state index contributed by atoms with van der Waals surface area (Å²) in [5.74, 6) is 0. The molecule has 0 bridgehead atoms. The maximum atomic E-state index is 10.8. The molecule has 0 radical (unpaired) electrons. The van der Waals surface area contributed by atoms with Gasteiger partial charge in [0.1, 0.15) is 6.07 Å². The molecule has 0 spiro atoms. The molecule has 1 aliphatic carbocycles. The molecule has 0 saturated carbocycles. The summed E-state index contributed by atoms with van der Waals surface area (Å²) in [7, 11) is 0. The van der Waals surface area contributed by atoms with Crippen LogP contribution in [0.1, 0.15) is 34.9 Å². The fourth-order valence-corrected chi connectivity index (χ4v) is 3.68. The van der Waals surface area contributed by atoms with Crippen molar-refractivity contribution in [2.45, 2.75) is 25.3 Å². The summed E-state index contributed by atoms with van der Waals surface area (Å²) >= 11 is 1.76. The van der Waals surface area contributed by atoms with Gasteiger partial charge in [-0.25, -0.2) is 0 Å². The van der Waals surface area contributed by atoms with Crippen molar-refractivity contribution in [2.75, 3.05) is 5.32 Å². The van der Waals surface area contributed by atoms with E-state index in [-0.39, 0.29) is 11.7 Å². The molecule has 1 unspecified atom stereocenters. The molecule has 106 valence electrons. The topological polar surface area (TPSA) is 79.0 Å². The lowest BCUT2D eigenvalue weighted by Gasteiger charge is -2.25. The van der Waals surface area contributed by atoms with Gasteiger partial charge in [0.05, 0.1) is 22.2 Å². The van der Waals surface area contributed by atoms with E-state index in [9.17, 15) is 15.4 Å². The summed E-state index contributed by atoms with van der Waals surface area (Å²) in [6, 6.07) is 8.70. The quantitative estimate of drug-likeness (QED) is 0.685. The van der Waals surface area contributed by atoms with E-state index in [0.717, 1.165) is 19.3 Å². The van der Waals surface area contributed by atoms with Crippen LogP contribution in [-0.4, -0.2) is 4.92 Å². The van der Waals surface area contributed by atoms with E-state index in [1.807, 2.05) is 6.07 Å². The lowest BCUT2D eigenvalue weighted by atomic mass is 9.93. The summed E-state index contributed by atoms with van der Waals surface area (Å²) < 4.78 is 0. The third kappa shape index (κ3) is 2.60. The minimum atomic E-state index is -0.484. The summed E-state index contributed by atoms with van der Waals surface area (Å²) in [6.45, 7) is 0. The molecule has 5 nitrogen and oxygen atoms in total. The minimum absolute atomic E-state index is 0.0584. The molecule has 21 heavy (non-hydrogen) atoms.